The highest BCUT2D eigenvalue weighted by molar-refractivity contribution is 7.20. The second-order valence-electron chi connectivity index (χ2n) is 8.22. The molecule has 5 rings (SSSR count). The Kier molecular flexibility index (Phi) is 6.80. The normalized spacial score (nSPS) is 18.9. The maximum absolute atomic E-state index is 11.6. The summed E-state index contributed by atoms with van der Waals surface area (Å²) < 4.78 is 6.47. The lowest BCUT2D eigenvalue weighted by molar-refractivity contribution is 0.209. The van der Waals surface area contributed by atoms with E-state index in [1.807, 2.05) is 24.3 Å². The van der Waals surface area contributed by atoms with E-state index in [1.165, 1.54) is 6.20 Å². The number of nitrogens with one attached hydrogen (secondary N) is 1. The van der Waals surface area contributed by atoms with Gasteiger partial charge in [-0.1, -0.05) is 22.6 Å². The maximum atomic E-state index is 11.6. The molecule has 34 heavy (non-hydrogen) atoms. The summed E-state index contributed by atoms with van der Waals surface area (Å²) >= 11 is 2.76. The molecule has 1 fully saturated rings. The third-order valence-corrected chi connectivity index (χ3v) is 7.94. The van der Waals surface area contributed by atoms with E-state index in [1.54, 1.807) is 25.6 Å². The van der Waals surface area contributed by atoms with Crippen molar-refractivity contribution >= 4 is 48.9 Å². The van der Waals surface area contributed by atoms with Gasteiger partial charge in [-0.2, -0.15) is 0 Å². The Morgan fingerprint density at radius 3 is 2.76 bits per heavy atom. The number of fused-ring (bicyclic) bond motifs is 2. The highest BCUT2D eigenvalue weighted by Crippen LogP contribution is 2.34. The van der Waals surface area contributed by atoms with Gasteiger partial charge in [0, 0.05) is 18.5 Å². The van der Waals surface area contributed by atoms with Crippen molar-refractivity contribution in [2.75, 3.05) is 14.2 Å². The van der Waals surface area contributed by atoms with Crippen molar-refractivity contribution in [3.05, 3.63) is 56.8 Å². The van der Waals surface area contributed by atoms with E-state index >= 15 is 0 Å². The van der Waals surface area contributed by atoms with E-state index in [0.29, 0.717) is 23.3 Å². The summed E-state index contributed by atoms with van der Waals surface area (Å²) in [5.74, 6) is 1.07. The van der Waals surface area contributed by atoms with Crippen LogP contribution in [0.1, 0.15) is 36.4 Å². The molecule has 0 unspecified atom stereocenters. The fraction of sp³-hybridized carbons (Fsp3) is 0.375. The Morgan fingerprint density at radius 1 is 1.12 bits per heavy atom. The number of methoxy groups -OCH3 is 1. The molecule has 8 nitrogen and oxygen atoms in total. The molecule has 0 atom stereocenters. The van der Waals surface area contributed by atoms with Gasteiger partial charge in [-0.15, -0.1) is 11.3 Å². The molecule has 1 aromatic carbocycles. The number of benzene rings is 1. The number of hydrogen-bond acceptors (Lipinski definition) is 10. The summed E-state index contributed by atoms with van der Waals surface area (Å²) in [6, 6.07) is 10.3. The van der Waals surface area contributed by atoms with Crippen molar-refractivity contribution in [3.8, 4) is 5.75 Å². The Labute approximate surface area is 204 Å². The van der Waals surface area contributed by atoms with Gasteiger partial charge in [0.2, 0.25) is 0 Å². The van der Waals surface area contributed by atoms with Crippen molar-refractivity contribution in [2.24, 2.45) is 11.1 Å². The Bertz CT molecular complexity index is 1390. The van der Waals surface area contributed by atoms with Gasteiger partial charge in [-0.05, 0) is 49.9 Å². The molecular weight excluding hydrogens is 470 g/mol. The smallest absolute Gasteiger partial charge is 0.252 e. The molecule has 3 aromatic heterocycles. The van der Waals surface area contributed by atoms with Crippen LogP contribution in [-0.4, -0.2) is 40.9 Å². The number of nitrogens with zero attached hydrogens (tertiary/aromatic N) is 4. The van der Waals surface area contributed by atoms with Crippen LogP contribution in [0, 0.1) is 5.92 Å². The topological polar surface area (TPSA) is 98.6 Å². The van der Waals surface area contributed by atoms with Crippen molar-refractivity contribution < 1.29 is 9.57 Å². The zero-order chi connectivity index (χ0) is 23.5. The minimum absolute atomic E-state index is 0.0801. The van der Waals surface area contributed by atoms with Gasteiger partial charge in [-0.3, -0.25) is 4.79 Å². The number of rotatable bonds is 7. The number of aromatic nitrogens is 3. The number of pyridine rings is 1. The molecule has 4 aromatic rings. The molecule has 1 N–H and O–H groups in total. The number of hydrogen-bond donors (Lipinski definition) is 1. The lowest BCUT2D eigenvalue weighted by Crippen LogP contribution is -2.35. The van der Waals surface area contributed by atoms with Crippen molar-refractivity contribution in [2.45, 2.75) is 38.3 Å². The van der Waals surface area contributed by atoms with Crippen LogP contribution in [0.3, 0.4) is 0 Å². The van der Waals surface area contributed by atoms with Crippen molar-refractivity contribution in [1.29, 1.82) is 0 Å². The Balaban J connectivity index is 1.24. The van der Waals surface area contributed by atoms with Gasteiger partial charge in [0.05, 0.1) is 29.2 Å². The summed E-state index contributed by atoms with van der Waals surface area (Å²) in [7, 11) is 3.25. The van der Waals surface area contributed by atoms with Gasteiger partial charge in [0.15, 0.2) is 0 Å². The average Bonchev–Trinajstić information content (AvgIpc) is 3.30. The van der Waals surface area contributed by atoms with Gasteiger partial charge in [0.25, 0.3) is 4.74 Å². The molecule has 0 saturated heterocycles. The first-order chi connectivity index (χ1) is 16.6. The Hall–Kier alpha value is -2.95. The van der Waals surface area contributed by atoms with Crippen LogP contribution in [0.2, 0.25) is 0 Å². The third kappa shape index (κ3) is 4.79. The molecule has 176 valence electrons. The standard InChI is InChI=1S/C24H25N5O3S2/c1-31-18-4-3-5-19-22(18)28-24(33-19)21(29-32-2)14-6-8-15(9-7-14)25-12-16-10-11-17-23(27-16)34-20(30)13-26-17/h3-5,10-11,13-15,25H,6-9,12H2,1-2H3/t14-,15-. The van der Waals surface area contributed by atoms with Gasteiger partial charge < -0.3 is 14.9 Å². The van der Waals surface area contributed by atoms with Crippen LogP contribution < -0.4 is 14.8 Å². The predicted octanol–water partition coefficient (Wildman–Crippen LogP) is 4.37. The molecule has 1 saturated carbocycles. The highest BCUT2D eigenvalue weighted by atomic mass is 32.1. The van der Waals surface area contributed by atoms with E-state index in [-0.39, 0.29) is 4.74 Å². The zero-order valence-corrected chi connectivity index (χ0v) is 20.6. The van der Waals surface area contributed by atoms with E-state index in [4.69, 9.17) is 14.6 Å². The summed E-state index contributed by atoms with van der Waals surface area (Å²) in [5.41, 5.74) is 3.46. The lowest BCUT2D eigenvalue weighted by Gasteiger charge is -2.29. The molecule has 3 heterocycles. The van der Waals surface area contributed by atoms with E-state index in [0.717, 1.165) is 74.9 Å². The maximum Gasteiger partial charge on any atom is 0.252 e. The molecule has 0 amide bonds. The summed E-state index contributed by atoms with van der Waals surface area (Å²) in [6.07, 6.45) is 5.42. The fourth-order valence-corrected chi connectivity index (χ4v) is 6.12. The van der Waals surface area contributed by atoms with Crippen molar-refractivity contribution in [1.82, 2.24) is 20.3 Å². The summed E-state index contributed by atoms with van der Waals surface area (Å²) in [5, 5.41) is 8.91. The first-order valence-corrected chi connectivity index (χ1v) is 12.8. The minimum Gasteiger partial charge on any atom is -0.494 e. The molecule has 1 aliphatic rings. The fourth-order valence-electron chi connectivity index (χ4n) is 4.39. The molecule has 0 spiro atoms. The number of thiazole rings is 1. The molecule has 1 aliphatic carbocycles. The molecule has 0 radical (unpaired) electrons. The minimum atomic E-state index is -0.0801. The first kappa shape index (κ1) is 22.8. The van der Waals surface area contributed by atoms with E-state index in [9.17, 15) is 4.79 Å². The average molecular weight is 496 g/mol. The molecule has 0 bridgehead atoms. The van der Waals surface area contributed by atoms with Crippen molar-refractivity contribution in [3.63, 3.8) is 0 Å². The quantitative estimate of drug-likeness (QED) is 0.300. The first-order valence-electron chi connectivity index (χ1n) is 11.2. The van der Waals surface area contributed by atoms with E-state index < -0.39 is 0 Å². The summed E-state index contributed by atoms with van der Waals surface area (Å²) in [4.78, 5) is 31.1. The van der Waals surface area contributed by atoms with Crippen LogP contribution in [-0.2, 0) is 11.4 Å². The van der Waals surface area contributed by atoms with Crippen LogP contribution in [0.5, 0.6) is 5.75 Å². The largest absolute Gasteiger partial charge is 0.494 e. The van der Waals surface area contributed by atoms with Crippen LogP contribution in [0.25, 0.3) is 20.6 Å². The zero-order valence-electron chi connectivity index (χ0n) is 19.0. The number of para-hydroxylation sites is 1. The molecule has 0 aliphatic heterocycles. The predicted molar refractivity (Wildman–Crippen MR) is 136 cm³/mol. The number of oxime groups is 1. The van der Waals surface area contributed by atoms with Crippen LogP contribution in [0.4, 0.5) is 0 Å². The van der Waals surface area contributed by atoms with E-state index in [2.05, 4.69) is 26.5 Å². The highest BCUT2D eigenvalue weighted by Gasteiger charge is 2.28. The third-order valence-electron chi connectivity index (χ3n) is 6.10. The SMILES string of the molecule is CON=C(c1nc2c(OC)cccc2s1)[C@H]1CC[C@H](NCc2ccc3ncc(=O)sc3n2)CC1. The summed E-state index contributed by atoms with van der Waals surface area (Å²) in [6.45, 7) is 0.664. The monoisotopic (exact) mass is 495 g/mol. The second kappa shape index (κ2) is 10.1. The molecule has 10 heteroatoms. The van der Waals surface area contributed by atoms with Crippen LogP contribution in [0.15, 0.2) is 46.5 Å². The van der Waals surface area contributed by atoms with Gasteiger partial charge in [-0.25, -0.2) is 15.0 Å². The number of ether oxygens (including phenoxy) is 1. The van der Waals surface area contributed by atoms with Gasteiger partial charge in [0.1, 0.15) is 33.9 Å². The van der Waals surface area contributed by atoms with Crippen LogP contribution >= 0.6 is 22.7 Å². The molecular formula is C24H25N5O3S2. The second-order valence-corrected chi connectivity index (χ2v) is 10.2. The van der Waals surface area contributed by atoms with Gasteiger partial charge >= 0.3 is 0 Å². The lowest BCUT2D eigenvalue weighted by atomic mass is 9.83. The Morgan fingerprint density at radius 2 is 1.97 bits per heavy atom.